The van der Waals surface area contributed by atoms with E-state index >= 15 is 0 Å². The van der Waals surface area contributed by atoms with E-state index in [1.165, 1.54) is 0 Å². The van der Waals surface area contributed by atoms with Gasteiger partial charge in [0, 0.05) is 12.6 Å². The summed E-state index contributed by atoms with van der Waals surface area (Å²) in [7, 11) is 3.93. The average Bonchev–Trinajstić information content (AvgIpc) is 2.04. The molecule has 0 amide bonds. The van der Waals surface area contributed by atoms with Gasteiger partial charge in [-0.3, -0.25) is 0 Å². The van der Waals surface area contributed by atoms with Crippen molar-refractivity contribution in [3.63, 3.8) is 0 Å². The minimum atomic E-state index is -0.846. The smallest absolute Gasteiger partial charge is 0.332 e. The van der Waals surface area contributed by atoms with Gasteiger partial charge in [0.2, 0.25) is 0 Å². The Morgan fingerprint density at radius 2 is 2.25 bits per heavy atom. The van der Waals surface area contributed by atoms with E-state index in [0.29, 0.717) is 19.1 Å². The van der Waals surface area contributed by atoms with Gasteiger partial charge in [0.1, 0.15) is 0 Å². The van der Waals surface area contributed by atoms with Crippen LogP contribution in [0.3, 0.4) is 0 Å². The molecule has 1 aliphatic rings. The first-order chi connectivity index (χ1) is 5.61. The van der Waals surface area contributed by atoms with E-state index < -0.39 is 12.1 Å². The summed E-state index contributed by atoms with van der Waals surface area (Å²) in [5.74, 6) is -0.846. The quantitative estimate of drug-likeness (QED) is 0.647. The van der Waals surface area contributed by atoms with Crippen LogP contribution in [0.4, 0.5) is 0 Å². The molecule has 0 bridgehead atoms. The largest absolute Gasteiger partial charge is 0.479 e. The summed E-state index contributed by atoms with van der Waals surface area (Å²) in [6.45, 7) is 0.555. The molecule has 4 heteroatoms. The molecule has 0 aromatic carbocycles. The molecule has 12 heavy (non-hydrogen) atoms. The lowest BCUT2D eigenvalue weighted by atomic mass is 10.0. The SMILES string of the molecule is CN(C)C1CCOC(C(=O)O)C1. The summed E-state index contributed by atoms with van der Waals surface area (Å²) in [4.78, 5) is 12.6. The third-order valence-electron chi connectivity index (χ3n) is 2.26. The number of nitrogens with zero attached hydrogens (tertiary/aromatic N) is 1. The van der Waals surface area contributed by atoms with Gasteiger partial charge in [-0.15, -0.1) is 0 Å². The van der Waals surface area contributed by atoms with E-state index in [1.54, 1.807) is 0 Å². The van der Waals surface area contributed by atoms with Crippen LogP contribution >= 0.6 is 0 Å². The average molecular weight is 173 g/mol. The molecular formula is C8H15NO3. The summed E-state index contributed by atoms with van der Waals surface area (Å²) in [5.41, 5.74) is 0. The maximum absolute atomic E-state index is 10.6. The van der Waals surface area contributed by atoms with Crippen molar-refractivity contribution >= 4 is 5.97 Å². The zero-order valence-electron chi connectivity index (χ0n) is 7.49. The normalized spacial score (nSPS) is 30.6. The lowest BCUT2D eigenvalue weighted by Gasteiger charge is -2.31. The topological polar surface area (TPSA) is 49.8 Å². The molecule has 1 N–H and O–H groups in total. The van der Waals surface area contributed by atoms with Gasteiger partial charge in [-0.1, -0.05) is 0 Å². The van der Waals surface area contributed by atoms with Gasteiger partial charge in [-0.05, 0) is 26.9 Å². The van der Waals surface area contributed by atoms with Crippen LogP contribution in [0, 0.1) is 0 Å². The Morgan fingerprint density at radius 3 is 2.75 bits per heavy atom. The first-order valence-electron chi connectivity index (χ1n) is 4.12. The molecule has 2 atom stereocenters. The minimum Gasteiger partial charge on any atom is -0.479 e. The number of ether oxygens (including phenoxy) is 1. The first kappa shape index (κ1) is 9.48. The number of carboxylic acids is 1. The number of hydrogen-bond donors (Lipinski definition) is 1. The Hall–Kier alpha value is -0.610. The van der Waals surface area contributed by atoms with E-state index in [2.05, 4.69) is 4.90 Å². The highest BCUT2D eigenvalue weighted by molar-refractivity contribution is 5.72. The van der Waals surface area contributed by atoms with Gasteiger partial charge in [-0.25, -0.2) is 4.79 Å². The van der Waals surface area contributed by atoms with Gasteiger partial charge < -0.3 is 14.7 Å². The highest BCUT2D eigenvalue weighted by Gasteiger charge is 2.28. The minimum absolute atomic E-state index is 0.347. The van der Waals surface area contributed by atoms with Crippen LogP contribution in [0.25, 0.3) is 0 Å². The lowest BCUT2D eigenvalue weighted by molar-refractivity contribution is -0.155. The lowest BCUT2D eigenvalue weighted by Crippen LogP contribution is -2.41. The monoisotopic (exact) mass is 173 g/mol. The molecule has 0 aliphatic carbocycles. The maximum atomic E-state index is 10.6. The molecule has 4 nitrogen and oxygen atoms in total. The van der Waals surface area contributed by atoms with E-state index in [-0.39, 0.29) is 0 Å². The number of carboxylic acid groups (broad SMARTS) is 1. The third kappa shape index (κ3) is 2.19. The fourth-order valence-electron chi connectivity index (χ4n) is 1.42. The summed E-state index contributed by atoms with van der Waals surface area (Å²) in [5, 5.41) is 8.69. The zero-order valence-corrected chi connectivity index (χ0v) is 7.49. The summed E-state index contributed by atoms with van der Waals surface area (Å²) < 4.78 is 5.09. The van der Waals surface area contributed by atoms with Crippen molar-refractivity contribution in [3.05, 3.63) is 0 Å². The Labute approximate surface area is 72.1 Å². The van der Waals surface area contributed by atoms with Crippen LogP contribution in [0.2, 0.25) is 0 Å². The summed E-state index contributed by atoms with van der Waals surface area (Å²) in [6.07, 6.45) is 0.921. The molecule has 0 spiro atoms. The first-order valence-corrected chi connectivity index (χ1v) is 4.12. The fourth-order valence-corrected chi connectivity index (χ4v) is 1.42. The number of carbonyl (C=O) groups is 1. The van der Waals surface area contributed by atoms with E-state index in [4.69, 9.17) is 9.84 Å². The molecule has 1 fully saturated rings. The highest BCUT2D eigenvalue weighted by atomic mass is 16.5. The van der Waals surface area contributed by atoms with Crippen LogP contribution in [0.15, 0.2) is 0 Å². The molecule has 0 saturated carbocycles. The second kappa shape index (κ2) is 3.87. The number of aliphatic carboxylic acids is 1. The van der Waals surface area contributed by atoms with E-state index in [1.807, 2.05) is 14.1 Å². The van der Waals surface area contributed by atoms with Gasteiger partial charge in [0.05, 0.1) is 0 Å². The van der Waals surface area contributed by atoms with Crippen molar-refractivity contribution in [2.45, 2.75) is 25.0 Å². The molecule has 0 aromatic rings. The van der Waals surface area contributed by atoms with Crippen LogP contribution < -0.4 is 0 Å². The Kier molecular flexibility index (Phi) is 3.05. The number of rotatable bonds is 2. The van der Waals surface area contributed by atoms with Crippen molar-refractivity contribution in [1.29, 1.82) is 0 Å². The van der Waals surface area contributed by atoms with Gasteiger partial charge >= 0.3 is 5.97 Å². The molecule has 1 aliphatic heterocycles. The van der Waals surface area contributed by atoms with Gasteiger partial charge in [0.25, 0.3) is 0 Å². The van der Waals surface area contributed by atoms with E-state index in [0.717, 1.165) is 6.42 Å². The molecule has 1 rings (SSSR count). The van der Waals surface area contributed by atoms with Gasteiger partial charge in [0.15, 0.2) is 6.10 Å². The van der Waals surface area contributed by atoms with Crippen molar-refractivity contribution in [3.8, 4) is 0 Å². The molecule has 1 heterocycles. The van der Waals surface area contributed by atoms with Crippen molar-refractivity contribution < 1.29 is 14.6 Å². The predicted molar refractivity (Wildman–Crippen MR) is 44.1 cm³/mol. The molecule has 0 radical (unpaired) electrons. The van der Waals surface area contributed by atoms with Crippen LogP contribution in [0.5, 0.6) is 0 Å². The Morgan fingerprint density at radius 1 is 1.58 bits per heavy atom. The maximum Gasteiger partial charge on any atom is 0.332 e. The highest BCUT2D eigenvalue weighted by Crippen LogP contribution is 2.17. The molecular weight excluding hydrogens is 158 g/mol. The summed E-state index contributed by atoms with van der Waals surface area (Å²) >= 11 is 0. The van der Waals surface area contributed by atoms with Crippen molar-refractivity contribution in [2.75, 3.05) is 20.7 Å². The molecule has 0 aromatic heterocycles. The van der Waals surface area contributed by atoms with Gasteiger partial charge in [-0.2, -0.15) is 0 Å². The fraction of sp³-hybridized carbons (Fsp3) is 0.875. The standard InChI is InChI=1S/C8H15NO3/c1-9(2)6-3-4-12-7(5-6)8(10)11/h6-7H,3-5H2,1-2H3,(H,10,11). The van der Waals surface area contributed by atoms with Crippen molar-refractivity contribution in [2.24, 2.45) is 0 Å². The summed E-state index contributed by atoms with van der Waals surface area (Å²) in [6, 6.07) is 0.347. The third-order valence-corrected chi connectivity index (χ3v) is 2.26. The van der Waals surface area contributed by atoms with Crippen molar-refractivity contribution in [1.82, 2.24) is 4.90 Å². The molecule has 1 saturated heterocycles. The molecule has 2 unspecified atom stereocenters. The molecule has 70 valence electrons. The predicted octanol–water partition coefficient (Wildman–Crippen LogP) is 0.180. The van der Waals surface area contributed by atoms with E-state index in [9.17, 15) is 4.79 Å². The Balaban J connectivity index is 2.46. The Bertz CT molecular complexity index is 170. The van der Waals surface area contributed by atoms with Crippen LogP contribution in [0.1, 0.15) is 12.8 Å². The number of hydrogen-bond acceptors (Lipinski definition) is 3. The van der Waals surface area contributed by atoms with Crippen LogP contribution in [-0.2, 0) is 9.53 Å². The second-order valence-electron chi connectivity index (χ2n) is 3.34. The zero-order chi connectivity index (χ0) is 9.14. The van der Waals surface area contributed by atoms with Crippen LogP contribution in [-0.4, -0.2) is 48.8 Å². The second-order valence-corrected chi connectivity index (χ2v) is 3.34.